The van der Waals surface area contributed by atoms with Crippen molar-refractivity contribution in [2.75, 3.05) is 37.6 Å². The number of piperazine rings is 1. The number of H-pyrrole nitrogens is 1. The summed E-state index contributed by atoms with van der Waals surface area (Å²) in [6.07, 6.45) is 2.36. The summed E-state index contributed by atoms with van der Waals surface area (Å²) in [6.45, 7) is 7.09. The lowest BCUT2D eigenvalue weighted by molar-refractivity contribution is 0.252. The number of nitrogens with one attached hydrogen (secondary N) is 1. The predicted octanol–water partition coefficient (Wildman–Crippen LogP) is 2.70. The second kappa shape index (κ2) is 9.06. The molecule has 1 fully saturated rings. The second-order valence-corrected chi connectivity index (χ2v) is 8.75. The summed E-state index contributed by atoms with van der Waals surface area (Å²) in [5.74, 6) is 0.669. The maximum absolute atomic E-state index is 12.8. The van der Waals surface area contributed by atoms with Crippen molar-refractivity contribution < 1.29 is 0 Å². The molecule has 0 atom stereocenters. The zero-order valence-corrected chi connectivity index (χ0v) is 19.2. The molecule has 0 spiro atoms. The Kier molecular flexibility index (Phi) is 6.41. The number of unbranched alkanes of at least 4 members (excludes halogenated alkanes) is 1. The van der Waals surface area contributed by atoms with Crippen LogP contribution in [0.25, 0.3) is 11.2 Å². The molecule has 4 rings (SSSR count). The second-order valence-electron chi connectivity index (χ2n) is 7.91. The van der Waals surface area contributed by atoms with Crippen LogP contribution >= 0.6 is 23.2 Å². The first kappa shape index (κ1) is 21.9. The van der Waals surface area contributed by atoms with E-state index in [1.807, 2.05) is 10.6 Å². The predicted molar refractivity (Wildman–Crippen MR) is 125 cm³/mol. The van der Waals surface area contributed by atoms with E-state index in [0.29, 0.717) is 33.7 Å². The van der Waals surface area contributed by atoms with Crippen molar-refractivity contribution in [3.8, 4) is 0 Å². The van der Waals surface area contributed by atoms with E-state index in [2.05, 4.69) is 21.7 Å². The van der Waals surface area contributed by atoms with Crippen LogP contribution in [0, 0.1) is 0 Å². The molecule has 2 aromatic heterocycles. The number of imidazole rings is 1. The van der Waals surface area contributed by atoms with Crippen molar-refractivity contribution in [2.24, 2.45) is 7.05 Å². The molecule has 1 aliphatic rings. The molecule has 10 heteroatoms. The molecule has 1 saturated heterocycles. The summed E-state index contributed by atoms with van der Waals surface area (Å²) in [6, 6.07) is 5.30. The molecule has 1 N–H and O–H groups in total. The van der Waals surface area contributed by atoms with Gasteiger partial charge in [0.25, 0.3) is 5.56 Å². The lowest BCUT2D eigenvalue weighted by Crippen LogP contribution is -2.47. The van der Waals surface area contributed by atoms with Crippen molar-refractivity contribution >= 4 is 40.3 Å². The Balaban J connectivity index is 1.77. The minimum Gasteiger partial charge on any atom is -0.340 e. The average molecular weight is 465 g/mol. The van der Waals surface area contributed by atoms with Crippen LogP contribution in [0.15, 0.2) is 27.8 Å². The number of aryl methyl sites for hydroxylation is 1. The highest BCUT2D eigenvalue weighted by atomic mass is 35.5. The molecule has 3 heterocycles. The third-order valence-corrected chi connectivity index (χ3v) is 6.40. The van der Waals surface area contributed by atoms with Crippen molar-refractivity contribution in [1.29, 1.82) is 0 Å². The summed E-state index contributed by atoms with van der Waals surface area (Å²) in [7, 11) is 1.61. The topological polar surface area (TPSA) is 79.2 Å². The van der Waals surface area contributed by atoms with Gasteiger partial charge < -0.3 is 4.90 Å². The van der Waals surface area contributed by atoms with E-state index in [1.54, 1.807) is 19.2 Å². The van der Waals surface area contributed by atoms with E-state index >= 15 is 0 Å². The van der Waals surface area contributed by atoms with Gasteiger partial charge in [0.05, 0.1) is 6.54 Å². The van der Waals surface area contributed by atoms with Crippen LogP contribution in [0.4, 0.5) is 5.95 Å². The summed E-state index contributed by atoms with van der Waals surface area (Å²) < 4.78 is 3.22. The summed E-state index contributed by atoms with van der Waals surface area (Å²) >= 11 is 12.5. The molecule has 0 saturated carbocycles. The summed E-state index contributed by atoms with van der Waals surface area (Å²) in [5.41, 5.74) is 0.603. The molecule has 0 amide bonds. The fourth-order valence-electron chi connectivity index (χ4n) is 3.99. The standard InChI is InChI=1S/C21H26Cl2N6O2/c1-3-4-7-27-8-10-28(11-9-27)20-24-18-17(19(30)25-21(31)26(18)2)29(20)13-14-5-6-15(22)12-16(14)23/h5-6,12H,3-4,7-11,13H2,1-2H3,(H,25,30,31). The molecular formula is C21H26Cl2N6O2. The Morgan fingerprint density at radius 2 is 1.87 bits per heavy atom. The van der Waals surface area contributed by atoms with Crippen LogP contribution in [-0.2, 0) is 13.6 Å². The van der Waals surface area contributed by atoms with E-state index in [9.17, 15) is 9.59 Å². The number of hydrogen-bond acceptors (Lipinski definition) is 5. The zero-order chi connectivity index (χ0) is 22.1. The largest absolute Gasteiger partial charge is 0.340 e. The number of halogens is 2. The number of benzene rings is 1. The Hall–Kier alpha value is -2.29. The third-order valence-electron chi connectivity index (χ3n) is 5.81. The van der Waals surface area contributed by atoms with Gasteiger partial charge in [0.15, 0.2) is 11.2 Å². The van der Waals surface area contributed by atoms with Gasteiger partial charge in [0.2, 0.25) is 5.95 Å². The molecule has 166 valence electrons. The average Bonchev–Trinajstić information content (AvgIpc) is 3.13. The summed E-state index contributed by atoms with van der Waals surface area (Å²) in [5, 5.41) is 1.07. The molecule has 3 aromatic rings. The number of aromatic nitrogens is 4. The van der Waals surface area contributed by atoms with Gasteiger partial charge in [0, 0.05) is 43.3 Å². The minimum absolute atomic E-state index is 0.346. The maximum Gasteiger partial charge on any atom is 0.329 e. The third kappa shape index (κ3) is 4.37. The number of fused-ring (bicyclic) bond motifs is 1. The van der Waals surface area contributed by atoms with E-state index in [4.69, 9.17) is 28.2 Å². The van der Waals surface area contributed by atoms with Crippen LogP contribution in [0.2, 0.25) is 10.0 Å². The van der Waals surface area contributed by atoms with Gasteiger partial charge in [-0.15, -0.1) is 0 Å². The minimum atomic E-state index is -0.484. The molecular weight excluding hydrogens is 439 g/mol. The number of nitrogens with zero attached hydrogens (tertiary/aromatic N) is 5. The number of aromatic amines is 1. The first-order valence-electron chi connectivity index (χ1n) is 10.5. The van der Waals surface area contributed by atoms with E-state index in [1.165, 1.54) is 17.4 Å². The lowest BCUT2D eigenvalue weighted by atomic mass is 10.2. The molecule has 0 radical (unpaired) electrons. The molecule has 1 aromatic carbocycles. The Bertz CT molecular complexity index is 1210. The molecule has 0 bridgehead atoms. The highest BCUT2D eigenvalue weighted by Gasteiger charge is 2.25. The SMILES string of the molecule is CCCCN1CCN(c2nc3c(c(=O)[nH]c(=O)n3C)n2Cc2ccc(Cl)cc2Cl)CC1. The Morgan fingerprint density at radius 1 is 1.13 bits per heavy atom. The van der Waals surface area contributed by atoms with Crippen LogP contribution in [0.5, 0.6) is 0 Å². The molecule has 8 nitrogen and oxygen atoms in total. The molecule has 0 unspecified atom stereocenters. The van der Waals surface area contributed by atoms with Crippen molar-refractivity contribution in [3.63, 3.8) is 0 Å². The Morgan fingerprint density at radius 3 is 2.55 bits per heavy atom. The quantitative estimate of drug-likeness (QED) is 0.606. The smallest absolute Gasteiger partial charge is 0.329 e. The number of anilines is 1. The number of rotatable bonds is 6. The van der Waals surface area contributed by atoms with E-state index in [-0.39, 0.29) is 0 Å². The molecule has 0 aliphatic carbocycles. The maximum atomic E-state index is 12.8. The highest BCUT2D eigenvalue weighted by molar-refractivity contribution is 6.35. The highest BCUT2D eigenvalue weighted by Crippen LogP contribution is 2.26. The fourth-order valence-corrected chi connectivity index (χ4v) is 4.46. The normalized spacial score (nSPS) is 15.2. The van der Waals surface area contributed by atoms with E-state index < -0.39 is 11.2 Å². The van der Waals surface area contributed by atoms with Crippen molar-refractivity contribution in [3.05, 3.63) is 54.6 Å². The molecule has 31 heavy (non-hydrogen) atoms. The van der Waals surface area contributed by atoms with Crippen molar-refractivity contribution in [2.45, 2.75) is 26.3 Å². The zero-order valence-electron chi connectivity index (χ0n) is 17.7. The van der Waals surface area contributed by atoms with Gasteiger partial charge in [-0.25, -0.2) is 4.79 Å². The van der Waals surface area contributed by atoms with Crippen LogP contribution < -0.4 is 16.1 Å². The van der Waals surface area contributed by atoms with Gasteiger partial charge in [-0.1, -0.05) is 42.6 Å². The van der Waals surface area contributed by atoms with Crippen LogP contribution in [-0.4, -0.2) is 56.7 Å². The Labute approximate surface area is 190 Å². The fraction of sp³-hybridized carbons (Fsp3) is 0.476. The van der Waals surface area contributed by atoms with Gasteiger partial charge in [-0.2, -0.15) is 4.98 Å². The monoisotopic (exact) mass is 464 g/mol. The van der Waals surface area contributed by atoms with Gasteiger partial charge >= 0.3 is 5.69 Å². The lowest BCUT2D eigenvalue weighted by Gasteiger charge is -2.35. The van der Waals surface area contributed by atoms with Gasteiger partial charge in [0.1, 0.15) is 0 Å². The number of hydrogen-bond donors (Lipinski definition) is 1. The summed E-state index contributed by atoms with van der Waals surface area (Å²) in [4.78, 5) is 36.7. The van der Waals surface area contributed by atoms with Crippen LogP contribution in [0.1, 0.15) is 25.3 Å². The first-order valence-corrected chi connectivity index (χ1v) is 11.3. The van der Waals surface area contributed by atoms with Crippen LogP contribution in [0.3, 0.4) is 0 Å². The van der Waals surface area contributed by atoms with Gasteiger partial charge in [-0.3, -0.25) is 23.8 Å². The first-order chi connectivity index (χ1) is 14.9. The van der Waals surface area contributed by atoms with Gasteiger partial charge in [-0.05, 0) is 30.7 Å². The molecule has 1 aliphatic heterocycles. The van der Waals surface area contributed by atoms with E-state index in [0.717, 1.165) is 38.3 Å². The van der Waals surface area contributed by atoms with Crippen molar-refractivity contribution in [1.82, 2.24) is 24.0 Å².